The van der Waals surface area contributed by atoms with Crippen LogP contribution in [0, 0.1) is 3.57 Å². The van der Waals surface area contributed by atoms with Crippen LogP contribution in [-0.2, 0) is 11.3 Å². The zero-order chi connectivity index (χ0) is 19.1. The van der Waals surface area contributed by atoms with Crippen molar-refractivity contribution in [2.45, 2.75) is 6.54 Å². The molecule has 0 atom stereocenters. The number of rotatable bonds is 6. The smallest absolute Gasteiger partial charge is 0.411 e. The molecule has 0 aliphatic carbocycles. The maximum Gasteiger partial charge on any atom is 0.411 e. The van der Waals surface area contributed by atoms with Gasteiger partial charge in [-0.2, -0.15) is 0 Å². The van der Waals surface area contributed by atoms with E-state index in [1.54, 1.807) is 31.4 Å². The quantitative estimate of drug-likeness (QED) is 0.633. The molecule has 2 N–H and O–H groups in total. The number of amides is 2. The van der Waals surface area contributed by atoms with Gasteiger partial charge in [-0.05, 0) is 52.4 Å². The van der Waals surface area contributed by atoms with E-state index in [0.29, 0.717) is 29.3 Å². The molecule has 0 saturated heterocycles. The maximum absolute atomic E-state index is 12.5. The van der Waals surface area contributed by atoms with E-state index in [0.717, 1.165) is 9.13 Å². The minimum Gasteiger partial charge on any atom is -0.493 e. The lowest BCUT2D eigenvalue weighted by molar-refractivity contribution is 0.0949. The Labute approximate surface area is 165 Å². The van der Waals surface area contributed by atoms with Crippen molar-refractivity contribution in [1.82, 2.24) is 5.32 Å². The van der Waals surface area contributed by atoms with Gasteiger partial charge in [-0.25, -0.2) is 4.79 Å². The second-order valence-electron chi connectivity index (χ2n) is 5.18. The third-order valence-corrected chi connectivity index (χ3v) is 4.45. The highest BCUT2D eigenvalue weighted by atomic mass is 127. The molecule has 0 saturated carbocycles. The molecule has 2 aromatic rings. The molecule has 26 heavy (non-hydrogen) atoms. The summed E-state index contributed by atoms with van der Waals surface area (Å²) >= 11 is 2.08. The maximum atomic E-state index is 12.5. The highest BCUT2D eigenvalue weighted by molar-refractivity contribution is 14.1. The Kier molecular flexibility index (Phi) is 7.07. The van der Waals surface area contributed by atoms with Gasteiger partial charge in [0.1, 0.15) is 0 Å². The normalized spacial score (nSPS) is 10.0. The van der Waals surface area contributed by atoms with Crippen LogP contribution in [0.1, 0.15) is 15.9 Å². The molecule has 138 valence electrons. The molecule has 0 heterocycles. The van der Waals surface area contributed by atoms with Gasteiger partial charge in [-0.1, -0.05) is 12.1 Å². The molecule has 0 aliphatic rings. The lowest BCUT2D eigenvalue weighted by atomic mass is 10.1. The molecule has 0 aliphatic heterocycles. The highest BCUT2D eigenvalue weighted by Crippen LogP contribution is 2.31. The van der Waals surface area contributed by atoms with Gasteiger partial charge in [0.25, 0.3) is 5.91 Å². The second kappa shape index (κ2) is 9.27. The van der Waals surface area contributed by atoms with Crippen LogP contribution in [0.4, 0.5) is 10.5 Å². The molecule has 0 spiro atoms. The zero-order valence-corrected chi connectivity index (χ0v) is 16.7. The van der Waals surface area contributed by atoms with E-state index in [2.05, 4.69) is 38.0 Å². The molecular formula is C18H19IN2O5. The van der Waals surface area contributed by atoms with Crippen LogP contribution in [0.25, 0.3) is 0 Å². The summed E-state index contributed by atoms with van der Waals surface area (Å²) in [5.74, 6) is 0.852. The summed E-state index contributed by atoms with van der Waals surface area (Å²) in [6.45, 7) is 0.349. The SMILES string of the molecule is COC(=O)Nc1ccc(CNC(=O)c2cc(OC)c(OC)cc2I)cc1. The van der Waals surface area contributed by atoms with Crippen LogP contribution in [0.15, 0.2) is 36.4 Å². The minimum absolute atomic E-state index is 0.216. The van der Waals surface area contributed by atoms with Gasteiger partial charge in [0.05, 0.1) is 26.9 Å². The number of methoxy groups -OCH3 is 3. The van der Waals surface area contributed by atoms with E-state index in [4.69, 9.17) is 9.47 Å². The fourth-order valence-electron chi connectivity index (χ4n) is 2.18. The molecule has 2 aromatic carbocycles. The minimum atomic E-state index is -0.533. The van der Waals surface area contributed by atoms with Crippen molar-refractivity contribution in [3.8, 4) is 11.5 Å². The number of benzene rings is 2. The van der Waals surface area contributed by atoms with Gasteiger partial charge in [0, 0.05) is 15.8 Å². The van der Waals surface area contributed by atoms with Crippen LogP contribution >= 0.6 is 22.6 Å². The van der Waals surface area contributed by atoms with Crippen molar-refractivity contribution in [2.24, 2.45) is 0 Å². The predicted molar refractivity (Wildman–Crippen MR) is 106 cm³/mol. The molecule has 0 aromatic heterocycles. The van der Waals surface area contributed by atoms with Crippen molar-refractivity contribution in [3.05, 3.63) is 51.1 Å². The molecule has 2 amide bonds. The van der Waals surface area contributed by atoms with E-state index in [9.17, 15) is 9.59 Å². The van der Waals surface area contributed by atoms with Gasteiger partial charge in [0.2, 0.25) is 0 Å². The topological polar surface area (TPSA) is 85.9 Å². The number of carbonyl (C=O) groups excluding carboxylic acids is 2. The average Bonchev–Trinajstić information content (AvgIpc) is 2.66. The molecule has 0 fully saturated rings. The number of ether oxygens (including phenoxy) is 3. The van der Waals surface area contributed by atoms with Crippen LogP contribution in [0.2, 0.25) is 0 Å². The third kappa shape index (κ3) is 5.01. The molecule has 7 nitrogen and oxygen atoms in total. The summed E-state index contributed by atoms with van der Waals surface area (Å²) in [5, 5.41) is 5.43. The van der Waals surface area contributed by atoms with Crippen LogP contribution in [0.5, 0.6) is 11.5 Å². The summed E-state index contributed by atoms with van der Waals surface area (Å²) in [5.41, 5.74) is 2.01. The van der Waals surface area contributed by atoms with Gasteiger partial charge >= 0.3 is 6.09 Å². The Morgan fingerprint density at radius 1 is 1.00 bits per heavy atom. The first kappa shape index (κ1) is 19.8. The summed E-state index contributed by atoms with van der Waals surface area (Å²) < 4.78 is 15.8. The Morgan fingerprint density at radius 3 is 2.19 bits per heavy atom. The number of nitrogens with one attached hydrogen (secondary N) is 2. The molecule has 0 radical (unpaired) electrons. The lowest BCUT2D eigenvalue weighted by Gasteiger charge is -2.12. The third-order valence-electron chi connectivity index (χ3n) is 3.56. The van der Waals surface area contributed by atoms with Gasteiger partial charge in [-0.3, -0.25) is 10.1 Å². The van der Waals surface area contributed by atoms with Gasteiger partial charge < -0.3 is 19.5 Å². The summed E-state index contributed by atoms with van der Waals surface area (Å²) in [6, 6.07) is 10.5. The first-order valence-electron chi connectivity index (χ1n) is 7.62. The molecule has 2 rings (SSSR count). The molecule has 0 unspecified atom stereocenters. The Hall–Kier alpha value is -2.49. The number of hydrogen-bond acceptors (Lipinski definition) is 5. The highest BCUT2D eigenvalue weighted by Gasteiger charge is 2.15. The standard InChI is InChI=1S/C18H19IN2O5/c1-24-15-8-13(14(19)9-16(15)25-2)17(22)20-10-11-4-6-12(7-5-11)21-18(23)26-3/h4-9H,10H2,1-3H3,(H,20,22)(H,21,23). The predicted octanol–water partition coefficient (Wildman–Crippen LogP) is 3.42. The largest absolute Gasteiger partial charge is 0.493 e. The lowest BCUT2D eigenvalue weighted by Crippen LogP contribution is -2.23. The van der Waals surface area contributed by atoms with Crippen LogP contribution < -0.4 is 20.1 Å². The van der Waals surface area contributed by atoms with Gasteiger partial charge in [0.15, 0.2) is 11.5 Å². The molecular weight excluding hydrogens is 451 g/mol. The molecule has 8 heteroatoms. The van der Waals surface area contributed by atoms with E-state index in [1.807, 2.05) is 12.1 Å². The number of halogens is 1. The first-order chi connectivity index (χ1) is 12.5. The molecule has 0 bridgehead atoms. The number of anilines is 1. The van der Waals surface area contributed by atoms with Crippen molar-refractivity contribution in [3.63, 3.8) is 0 Å². The number of carbonyl (C=O) groups is 2. The summed E-state index contributed by atoms with van der Waals surface area (Å²) in [6.07, 6.45) is -0.533. The average molecular weight is 470 g/mol. The monoisotopic (exact) mass is 470 g/mol. The van der Waals surface area contributed by atoms with Crippen molar-refractivity contribution in [2.75, 3.05) is 26.6 Å². The fourth-order valence-corrected chi connectivity index (χ4v) is 2.86. The fraction of sp³-hybridized carbons (Fsp3) is 0.222. The van der Waals surface area contributed by atoms with Crippen LogP contribution in [0.3, 0.4) is 0 Å². The van der Waals surface area contributed by atoms with E-state index >= 15 is 0 Å². The van der Waals surface area contributed by atoms with Crippen molar-refractivity contribution in [1.29, 1.82) is 0 Å². The van der Waals surface area contributed by atoms with Crippen molar-refractivity contribution < 1.29 is 23.8 Å². The second-order valence-corrected chi connectivity index (χ2v) is 6.35. The zero-order valence-electron chi connectivity index (χ0n) is 14.6. The van der Waals surface area contributed by atoms with Crippen LogP contribution in [-0.4, -0.2) is 33.3 Å². The van der Waals surface area contributed by atoms with E-state index < -0.39 is 6.09 Å². The first-order valence-corrected chi connectivity index (χ1v) is 8.70. The van der Waals surface area contributed by atoms with Crippen molar-refractivity contribution >= 4 is 40.3 Å². The Bertz CT molecular complexity index is 793. The van der Waals surface area contributed by atoms with E-state index in [1.165, 1.54) is 14.2 Å². The Morgan fingerprint density at radius 2 is 1.62 bits per heavy atom. The Balaban J connectivity index is 2.03. The van der Waals surface area contributed by atoms with E-state index in [-0.39, 0.29) is 5.91 Å². The van der Waals surface area contributed by atoms with Gasteiger partial charge in [-0.15, -0.1) is 0 Å². The number of hydrogen-bond donors (Lipinski definition) is 2. The summed E-state index contributed by atoms with van der Waals surface area (Å²) in [7, 11) is 4.37. The summed E-state index contributed by atoms with van der Waals surface area (Å²) in [4.78, 5) is 23.6.